The molecule has 2 aliphatic heterocycles. The Morgan fingerprint density at radius 1 is 1.27 bits per heavy atom. The van der Waals surface area contributed by atoms with E-state index in [0.29, 0.717) is 57.2 Å². The Morgan fingerprint density at radius 2 is 2.00 bits per heavy atom. The van der Waals surface area contributed by atoms with Crippen LogP contribution in [0.25, 0.3) is 5.78 Å². The van der Waals surface area contributed by atoms with Crippen molar-refractivity contribution in [1.82, 2.24) is 24.5 Å². The second kappa shape index (κ2) is 10.8. The lowest BCUT2D eigenvalue weighted by molar-refractivity contribution is -0.137. The summed E-state index contributed by atoms with van der Waals surface area (Å²) in [4.78, 5) is 33.3. The molecule has 0 bridgehead atoms. The fourth-order valence-corrected chi connectivity index (χ4v) is 4.91. The lowest BCUT2D eigenvalue weighted by atomic mass is 9.90. The van der Waals surface area contributed by atoms with Gasteiger partial charge in [-0.1, -0.05) is 24.4 Å². The van der Waals surface area contributed by atoms with E-state index in [4.69, 9.17) is 16.3 Å². The summed E-state index contributed by atoms with van der Waals surface area (Å²) in [6, 6.07) is 2.70. The number of hydrogen-bond donors (Lipinski definition) is 2. The SMILES string of the molecule is CCc1c(N2CCNCC2)c(=O)n2nc(C#CC3(C)COC3)nc2n1CC(=O)Nc1ccc(C(F)(F)F)cc1Cl. The molecule has 40 heavy (non-hydrogen) atoms. The highest BCUT2D eigenvalue weighted by Crippen LogP contribution is 2.34. The molecule has 2 saturated heterocycles. The average Bonchev–Trinajstić information content (AvgIpc) is 3.33. The Kier molecular flexibility index (Phi) is 7.52. The topological polar surface area (TPSA) is 106 Å². The minimum absolute atomic E-state index is 0.0288. The lowest BCUT2D eigenvalue weighted by Gasteiger charge is -2.32. The van der Waals surface area contributed by atoms with Crippen LogP contribution in [-0.4, -0.2) is 64.5 Å². The second-order valence-electron chi connectivity index (χ2n) is 9.97. The van der Waals surface area contributed by atoms with Crippen molar-refractivity contribution in [2.75, 3.05) is 49.6 Å². The van der Waals surface area contributed by atoms with Gasteiger partial charge >= 0.3 is 6.18 Å². The predicted octanol–water partition coefficient (Wildman–Crippen LogP) is 2.56. The van der Waals surface area contributed by atoms with Crippen LogP contribution in [0.3, 0.4) is 0 Å². The first-order valence-corrected chi connectivity index (χ1v) is 13.1. The number of nitrogens with zero attached hydrogens (tertiary/aromatic N) is 5. The number of carbonyl (C=O) groups is 1. The number of benzene rings is 1. The third kappa shape index (κ3) is 5.52. The zero-order valence-corrected chi connectivity index (χ0v) is 22.6. The molecule has 0 saturated carbocycles. The number of piperazine rings is 1. The van der Waals surface area contributed by atoms with Gasteiger partial charge in [0.2, 0.25) is 17.5 Å². The molecule has 0 unspecified atom stereocenters. The Labute approximate surface area is 232 Å². The Morgan fingerprint density at radius 3 is 2.60 bits per heavy atom. The maximum atomic E-state index is 13.7. The summed E-state index contributed by atoms with van der Waals surface area (Å²) in [5, 5.41) is 9.94. The highest BCUT2D eigenvalue weighted by molar-refractivity contribution is 6.33. The molecular weight excluding hydrogens is 551 g/mol. The number of nitrogens with one attached hydrogen (secondary N) is 2. The number of halogens is 4. The van der Waals surface area contributed by atoms with E-state index in [1.54, 1.807) is 4.57 Å². The van der Waals surface area contributed by atoms with E-state index in [0.717, 1.165) is 22.7 Å². The van der Waals surface area contributed by atoms with Gasteiger partial charge in [-0.15, -0.1) is 5.10 Å². The van der Waals surface area contributed by atoms with Crippen LogP contribution < -0.4 is 21.1 Å². The molecule has 1 aromatic carbocycles. The van der Waals surface area contributed by atoms with Gasteiger partial charge in [-0.3, -0.25) is 9.59 Å². The highest BCUT2D eigenvalue weighted by Gasteiger charge is 2.32. The third-order valence-corrected chi connectivity index (χ3v) is 7.10. The molecule has 14 heteroatoms. The quantitative estimate of drug-likeness (QED) is 0.449. The predicted molar refractivity (Wildman–Crippen MR) is 143 cm³/mol. The van der Waals surface area contributed by atoms with E-state index < -0.39 is 17.6 Å². The first kappa shape index (κ1) is 27.9. The number of carbonyl (C=O) groups excluding carboxylic acids is 1. The first-order valence-electron chi connectivity index (χ1n) is 12.7. The number of hydrogen-bond acceptors (Lipinski definition) is 7. The minimum Gasteiger partial charge on any atom is -0.378 e. The number of aromatic nitrogens is 4. The molecule has 2 N–H and O–H groups in total. The number of fused-ring (bicyclic) bond motifs is 1. The molecular formula is C26H27ClF3N7O3. The maximum Gasteiger partial charge on any atom is 0.416 e. The monoisotopic (exact) mass is 577 g/mol. The Balaban J connectivity index is 1.55. The van der Waals surface area contributed by atoms with E-state index in [1.807, 2.05) is 18.7 Å². The second-order valence-corrected chi connectivity index (χ2v) is 10.4. The van der Waals surface area contributed by atoms with E-state index in [-0.39, 0.29) is 39.8 Å². The molecule has 2 aromatic heterocycles. The van der Waals surface area contributed by atoms with Crippen molar-refractivity contribution in [3.05, 3.63) is 50.7 Å². The van der Waals surface area contributed by atoms with Crippen molar-refractivity contribution < 1.29 is 22.7 Å². The molecule has 0 aliphatic carbocycles. The first-order chi connectivity index (χ1) is 19.0. The molecule has 5 rings (SSSR count). The molecule has 0 atom stereocenters. The number of anilines is 2. The van der Waals surface area contributed by atoms with Gasteiger partial charge in [0, 0.05) is 26.2 Å². The van der Waals surface area contributed by atoms with E-state index >= 15 is 0 Å². The average molecular weight is 578 g/mol. The van der Waals surface area contributed by atoms with Crippen LogP contribution in [0.4, 0.5) is 24.5 Å². The van der Waals surface area contributed by atoms with Gasteiger partial charge in [0.15, 0.2) is 0 Å². The standard InChI is InChI=1S/C26H27ClF3N7O3/c1-3-19-22(35-10-8-31-9-11-35)23(39)37-24(33-20(34-37)6-7-25(2)14-40-15-25)36(19)13-21(38)32-18-5-4-16(12-17(18)27)26(28,29)30/h4-5,12,31H,3,8-11,13-15H2,1-2H3,(H,32,38). The van der Waals surface area contributed by atoms with Crippen LogP contribution in [-0.2, 0) is 28.7 Å². The van der Waals surface area contributed by atoms with Crippen molar-refractivity contribution in [3.8, 4) is 11.8 Å². The lowest BCUT2D eigenvalue weighted by Crippen LogP contribution is -2.47. The minimum atomic E-state index is -4.57. The van der Waals surface area contributed by atoms with Crippen LogP contribution in [0, 0.1) is 17.3 Å². The summed E-state index contributed by atoms with van der Waals surface area (Å²) in [7, 11) is 0. The van der Waals surface area contributed by atoms with E-state index in [2.05, 4.69) is 32.6 Å². The van der Waals surface area contributed by atoms with Crippen molar-refractivity contribution in [3.63, 3.8) is 0 Å². The summed E-state index contributed by atoms with van der Waals surface area (Å²) >= 11 is 6.05. The fraction of sp³-hybridized carbons (Fsp3) is 0.462. The van der Waals surface area contributed by atoms with Gasteiger partial charge < -0.3 is 24.8 Å². The van der Waals surface area contributed by atoms with Crippen LogP contribution in [0.15, 0.2) is 23.0 Å². The van der Waals surface area contributed by atoms with Crippen molar-refractivity contribution in [2.45, 2.75) is 33.0 Å². The molecule has 3 aromatic rings. The smallest absolute Gasteiger partial charge is 0.378 e. The number of amides is 1. The largest absolute Gasteiger partial charge is 0.416 e. The third-order valence-electron chi connectivity index (χ3n) is 6.78. The summed E-state index contributed by atoms with van der Waals surface area (Å²) < 4.78 is 47.1. The zero-order valence-electron chi connectivity index (χ0n) is 21.9. The number of rotatable bonds is 5. The van der Waals surface area contributed by atoms with Crippen molar-refractivity contribution in [2.24, 2.45) is 5.41 Å². The molecule has 2 aliphatic rings. The van der Waals surface area contributed by atoms with Crippen LogP contribution in [0.5, 0.6) is 0 Å². The van der Waals surface area contributed by atoms with Crippen molar-refractivity contribution in [1.29, 1.82) is 0 Å². The normalized spacial score (nSPS) is 16.8. The molecule has 0 radical (unpaired) electrons. The summed E-state index contributed by atoms with van der Waals surface area (Å²) in [6.07, 6.45) is -4.16. The summed E-state index contributed by atoms with van der Waals surface area (Å²) in [5.41, 5.74) is -0.586. The molecule has 2 fully saturated rings. The van der Waals surface area contributed by atoms with Crippen LogP contribution in [0.2, 0.25) is 5.02 Å². The maximum absolute atomic E-state index is 13.7. The van der Waals surface area contributed by atoms with Gasteiger partial charge in [-0.2, -0.15) is 22.7 Å². The fourth-order valence-electron chi connectivity index (χ4n) is 4.68. The van der Waals surface area contributed by atoms with Gasteiger partial charge in [0.05, 0.1) is 40.6 Å². The summed E-state index contributed by atoms with van der Waals surface area (Å²) in [5.74, 6) is 5.72. The van der Waals surface area contributed by atoms with Gasteiger partial charge in [-0.05, 0) is 37.5 Å². The van der Waals surface area contributed by atoms with E-state index in [1.165, 1.54) is 0 Å². The van der Waals surface area contributed by atoms with Crippen LogP contribution >= 0.6 is 11.6 Å². The number of ether oxygens (including phenoxy) is 1. The number of alkyl halides is 3. The van der Waals surface area contributed by atoms with E-state index in [9.17, 15) is 22.8 Å². The molecule has 4 heterocycles. The molecule has 212 valence electrons. The van der Waals surface area contributed by atoms with Crippen LogP contribution in [0.1, 0.15) is 30.9 Å². The zero-order chi connectivity index (χ0) is 28.7. The Bertz CT molecular complexity index is 1580. The molecule has 10 nitrogen and oxygen atoms in total. The van der Waals surface area contributed by atoms with Gasteiger partial charge in [-0.25, -0.2) is 0 Å². The molecule has 0 spiro atoms. The highest BCUT2D eigenvalue weighted by atomic mass is 35.5. The van der Waals surface area contributed by atoms with Gasteiger partial charge in [0.25, 0.3) is 5.56 Å². The summed E-state index contributed by atoms with van der Waals surface area (Å²) in [6.45, 7) is 7.03. The van der Waals surface area contributed by atoms with Gasteiger partial charge in [0.1, 0.15) is 12.2 Å². The van der Waals surface area contributed by atoms with Crippen molar-refractivity contribution >= 4 is 34.7 Å². The molecule has 1 amide bonds. The Hall–Kier alpha value is -3.60.